The highest BCUT2D eigenvalue weighted by atomic mass is 16.2. The largest absolute Gasteiger partial charge is 0.361 e. The smallest absolute Gasteiger partial charge is 0.261 e. The second-order valence-corrected chi connectivity index (χ2v) is 4.36. The molecule has 19 heavy (non-hydrogen) atoms. The number of likely N-dealkylation sites (N-methyl/N-ethyl adjacent to an activating group) is 1. The van der Waals surface area contributed by atoms with E-state index in [-0.39, 0.29) is 18.0 Å². The molecule has 0 bridgehead atoms. The molecule has 96 valence electrons. The van der Waals surface area contributed by atoms with E-state index in [9.17, 15) is 9.59 Å². The van der Waals surface area contributed by atoms with E-state index in [1.807, 2.05) is 18.2 Å². The van der Waals surface area contributed by atoms with E-state index in [0.717, 1.165) is 5.69 Å². The summed E-state index contributed by atoms with van der Waals surface area (Å²) in [7, 11) is 1.58. The molecule has 1 atom stereocenters. The molecule has 0 aliphatic carbocycles. The molecule has 0 spiro atoms. The number of anilines is 1. The Labute approximate surface area is 110 Å². The molecule has 2 N–H and O–H groups in total. The Kier molecular flexibility index (Phi) is 2.59. The van der Waals surface area contributed by atoms with Gasteiger partial charge < -0.3 is 10.6 Å². The van der Waals surface area contributed by atoms with Crippen LogP contribution in [0.15, 0.2) is 48.2 Å². The quantitative estimate of drug-likeness (QED) is 0.789. The van der Waals surface area contributed by atoms with Gasteiger partial charge in [-0.05, 0) is 24.3 Å². The SMILES string of the molecule is CNC(=O)C1=CC2Nc3ccccc3C(=O)N2C=C1. The lowest BCUT2D eigenvalue weighted by Crippen LogP contribution is -2.46. The van der Waals surface area contributed by atoms with Gasteiger partial charge in [0.15, 0.2) is 0 Å². The zero-order chi connectivity index (χ0) is 13.4. The predicted molar refractivity (Wildman–Crippen MR) is 71.3 cm³/mol. The normalized spacial score (nSPS) is 20.1. The number of nitrogens with one attached hydrogen (secondary N) is 2. The molecule has 0 saturated carbocycles. The van der Waals surface area contributed by atoms with Crippen molar-refractivity contribution in [1.82, 2.24) is 10.2 Å². The van der Waals surface area contributed by atoms with Gasteiger partial charge in [0.25, 0.3) is 11.8 Å². The molecule has 0 saturated heterocycles. The van der Waals surface area contributed by atoms with Gasteiger partial charge in [-0.1, -0.05) is 12.1 Å². The predicted octanol–water partition coefficient (Wildman–Crippen LogP) is 1.08. The molecule has 3 rings (SSSR count). The summed E-state index contributed by atoms with van der Waals surface area (Å²) in [4.78, 5) is 25.5. The third kappa shape index (κ3) is 1.79. The molecule has 2 aliphatic rings. The summed E-state index contributed by atoms with van der Waals surface area (Å²) in [6, 6.07) is 7.35. The van der Waals surface area contributed by atoms with Crippen LogP contribution in [-0.2, 0) is 4.79 Å². The number of benzene rings is 1. The monoisotopic (exact) mass is 255 g/mol. The minimum atomic E-state index is -0.320. The molecule has 1 aromatic carbocycles. The van der Waals surface area contributed by atoms with Gasteiger partial charge in [-0.3, -0.25) is 14.5 Å². The number of amides is 2. The van der Waals surface area contributed by atoms with Crippen LogP contribution in [0.3, 0.4) is 0 Å². The fraction of sp³-hybridized carbons (Fsp3) is 0.143. The van der Waals surface area contributed by atoms with Gasteiger partial charge in [-0.25, -0.2) is 0 Å². The zero-order valence-electron chi connectivity index (χ0n) is 10.4. The van der Waals surface area contributed by atoms with Crippen LogP contribution >= 0.6 is 0 Å². The van der Waals surface area contributed by atoms with Crippen LogP contribution < -0.4 is 10.6 Å². The molecular weight excluding hydrogens is 242 g/mol. The number of para-hydroxylation sites is 1. The lowest BCUT2D eigenvalue weighted by molar-refractivity contribution is -0.116. The molecule has 0 aromatic heterocycles. The molecule has 0 radical (unpaired) electrons. The summed E-state index contributed by atoms with van der Waals surface area (Å²) in [5.74, 6) is -0.230. The Bertz CT molecular complexity index is 619. The maximum absolute atomic E-state index is 12.3. The average Bonchev–Trinajstić information content (AvgIpc) is 2.46. The van der Waals surface area contributed by atoms with Gasteiger partial charge in [-0.15, -0.1) is 0 Å². The zero-order valence-corrected chi connectivity index (χ0v) is 10.4. The number of carbonyl (C=O) groups excluding carboxylic acids is 2. The van der Waals surface area contributed by atoms with Crippen molar-refractivity contribution in [1.29, 1.82) is 0 Å². The maximum atomic E-state index is 12.3. The highest BCUT2D eigenvalue weighted by molar-refractivity contribution is 6.03. The van der Waals surface area contributed by atoms with Gasteiger partial charge >= 0.3 is 0 Å². The second-order valence-electron chi connectivity index (χ2n) is 4.36. The Morgan fingerprint density at radius 1 is 1.37 bits per heavy atom. The second kappa shape index (κ2) is 4.28. The fourth-order valence-electron chi connectivity index (χ4n) is 2.25. The van der Waals surface area contributed by atoms with E-state index in [4.69, 9.17) is 0 Å². The Morgan fingerprint density at radius 3 is 2.95 bits per heavy atom. The lowest BCUT2D eigenvalue weighted by atomic mass is 10.0. The van der Waals surface area contributed by atoms with Crippen molar-refractivity contribution < 1.29 is 9.59 Å². The van der Waals surface area contributed by atoms with Gasteiger partial charge in [0, 0.05) is 24.5 Å². The highest BCUT2D eigenvalue weighted by Gasteiger charge is 2.31. The lowest BCUT2D eigenvalue weighted by Gasteiger charge is -2.36. The molecule has 1 aromatic rings. The van der Waals surface area contributed by atoms with Crippen molar-refractivity contribution in [2.45, 2.75) is 6.17 Å². The minimum Gasteiger partial charge on any atom is -0.361 e. The number of nitrogens with zero attached hydrogens (tertiary/aromatic N) is 1. The van der Waals surface area contributed by atoms with E-state index in [1.165, 1.54) is 0 Å². The van der Waals surface area contributed by atoms with Crippen LogP contribution in [0.4, 0.5) is 5.69 Å². The number of carbonyl (C=O) groups is 2. The summed E-state index contributed by atoms with van der Waals surface area (Å²) >= 11 is 0. The molecule has 5 nitrogen and oxygen atoms in total. The van der Waals surface area contributed by atoms with Crippen molar-refractivity contribution in [3.8, 4) is 0 Å². The highest BCUT2D eigenvalue weighted by Crippen LogP contribution is 2.28. The van der Waals surface area contributed by atoms with E-state index >= 15 is 0 Å². The Morgan fingerprint density at radius 2 is 2.16 bits per heavy atom. The maximum Gasteiger partial charge on any atom is 0.261 e. The van der Waals surface area contributed by atoms with E-state index in [0.29, 0.717) is 11.1 Å². The van der Waals surface area contributed by atoms with Crippen LogP contribution in [0.5, 0.6) is 0 Å². The topological polar surface area (TPSA) is 61.4 Å². The molecule has 0 fully saturated rings. The van der Waals surface area contributed by atoms with Gasteiger partial charge in [0.05, 0.1) is 5.56 Å². The average molecular weight is 255 g/mol. The third-order valence-electron chi connectivity index (χ3n) is 3.24. The molecular formula is C14H13N3O2. The van der Waals surface area contributed by atoms with Crippen LogP contribution in [0.1, 0.15) is 10.4 Å². The summed E-state index contributed by atoms with van der Waals surface area (Å²) in [6.07, 6.45) is 4.70. The van der Waals surface area contributed by atoms with Crippen molar-refractivity contribution in [3.63, 3.8) is 0 Å². The third-order valence-corrected chi connectivity index (χ3v) is 3.24. The van der Waals surface area contributed by atoms with Crippen LogP contribution in [-0.4, -0.2) is 29.9 Å². The first-order valence-electron chi connectivity index (χ1n) is 6.01. The molecule has 1 unspecified atom stereocenters. The van der Waals surface area contributed by atoms with Crippen LogP contribution in [0.25, 0.3) is 0 Å². The van der Waals surface area contributed by atoms with Crippen molar-refractivity contribution >= 4 is 17.5 Å². The number of hydrogen-bond acceptors (Lipinski definition) is 3. The van der Waals surface area contributed by atoms with Gasteiger partial charge in [-0.2, -0.15) is 0 Å². The number of rotatable bonds is 1. The van der Waals surface area contributed by atoms with Crippen molar-refractivity contribution in [3.05, 3.63) is 53.8 Å². The first-order chi connectivity index (χ1) is 9.20. The summed E-state index contributed by atoms with van der Waals surface area (Å²) in [6.45, 7) is 0. The Hall–Kier alpha value is -2.56. The first-order valence-corrected chi connectivity index (χ1v) is 6.01. The minimum absolute atomic E-state index is 0.0668. The van der Waals surface area contributed by atoms with Crippen molar-refractivity contribution in [2.75, 3.05) is 12.4 Å². The van der Waals surface area contributed by atoms with Crippen molar-refractivity contribution in [2.24, 2.45) is 0 Å². The standard InChI is InChI=1S/C14H13N3O2/c1-15-13(18)9-6-7-17-12(8-9)16-11-5-3-2-4-10(11)14(17)19/h2-8,12,16H,1H3,(H,15,18). The van der Waals surface area contributed by atoms with Gasteiger partial charge in [0.1, 0.15) is 6.17 Å². The Balaban J connectivity index is 1.98. The molecule has 2 aliphatic heterocycles. The molecule has 5 heteroatoms. The van der Waals surface area contributed by atoms with Crippen LogP contribution in [0, 0.1) is 0 Å². The summed E-state index contributed by atoms with van der Waals surface area (Å²) in [5, 5.41) is 5.81. The fourth-order valence-corrected chi connectivity index (χ4v) is 2.25. The summed E-state index contributed by atoms with van der Waals surface area (Å²) in [5.41, 5.74) is 1.97. The molecule has 2 amide bonds. The summed E-state index contributed by atoms with van der Waals surface area (Å²) < 4.78 is 0. The first kappa shape index (κ1) is 11.5. The van der Waals surface area contributed by atoms with E-state index in [1.54, 1.807) is 36.4 Å². The molecule has 2 heterocycles. The van der Waals surface area contributed by atoms with E-state index in [2.05, 4.69) is 10.6 Å². The van der Waals surface area contributed by atoms with E-state index < -0.39 is 0 Å². The number of hydrogen-bond donors (Lipinski definition) is 2. The number of fused-ring (bicyclic) bond motifs is 2. The van der Waals surface area contributed by atoms with Gasteiger partial charge in [0.2, 0.25) is 0 Å². The van der Waals surface area contributed by atoms with Crippen LogP contribution in [0.2, 0.25) is 0 Å².